The van der Waals surface area contributed by atoms with Crippen molar-refractivity contribution in [2.75, 3.05) is 26.3 Å². The zero-order chi connectivity index (χ0) is 17.9. The molecule has 0 bridgehead atoms. The van der Waals surface area contributed by atoms with Crippen LogP contribution in [0.4, 0.5) is 0 Å². The van der Waals surface area contributed by atoms with E-state index in [0.29, 0.717) is 63.1 Å². The van der Waals surface area contributed by atoms with Gasteiger partial charge < -0.3 is 14.2 Å². The van der Waals surface area contributed by atoms with Crippen molar-refractivity contribution in [3.8, 4) is 6.07 Å². The molecule has 1 unspecified atom stereocenters. The molecule has 0 spiro atoms. The van der Waals surface area contributed by atoms with Crippen molar-refractivity contribution >= 4 is 5.91 Å². The monoisotopic (exact) mass is 346 g/mol. The Hall–Kier alpha value is -1.94. The number of rotatable bonds is 5. The number of nitriles is 1. The molecule has 2 aliphatic rings. The van der Waals surface area contributed by atoms with Crippen LogP contribution in [0.15, 0.2) is 4.52 Å². The van der Waals surface area contributed by atoms with E-state index in [0.717, 1.165) is 13.0 Å². The van der Waals surface area contributed by atoms with Gasteiger partial charge in [0.05, 0.1) is 11.5 Å². The lowest BCUT2D eigenvalue weighted by Crippen LogP contribution is -2.41. The van der Waals surface area contributed by atoms with Crippen LogP contribution in [0.1, 0.15) is 57.2 Å². The Morgan fingerprint density at radius 2 is 2.16 bits per heavy atom. The van der Waals surface area contributed by atoms with Gasteiger partial charge in [0, 0.05) is 45.1 Å². The fourth-order valence-electron chi connectivity index (χ4n) is 3.63. The summed E-state index contributed by atoms with van der Waals surface area (Å²) in [6.45, 7) is 6.83. The summed E-state index contributed by atoms with van der Waals surface area (Å²) in [6, 6.07) is 2.43. The zero-order valence-corrected chi connectivity index (χ0v) is 15.0. The second-order valence-corrected chi connectivity index (χ2v) is 7.66. The van der Waals surface area contributed by atoms with Crippen molar-refractivity contribution in [3.63, 3.8) is 0 Å². The number of amides is 1. The summed E-state index contributed by atoms with van der Waals surface area (Å²) < 4.78 is 10.8. The quantitative estimate of drug-likeness (QED) is 0.812. The molecule has 2 saturated heterocycles. The van der Waals surface area contributed by atoms with Crippen molar-refractivity contribution in [3.05, 3.63) is 11.7 Å². The van der Waals surface area contributed by atoms with Crippen LogP contribution in [0, 0.1) is 22.7 Å². The molecule has 25 heavy (non-hydrogen) atoms. The van der Waals surface area contributed by atoms with Crippen LogP contribution >= 0.6 is 0 Å². The van der Waals surface area contributed by atoms with Gasteiger partial charge in [0.25, 0.3) is 0 Å². The van der Waals surface area contributed by atoms with Crippen LogP contribution in [0.3, 0.4) is 0 Å². The molecule has 1 amide bonds. The average Bonchev–Trinajstić information content (AvgIpc) is 3.05. The molecule has 0 aliphatic carbocycles. The maximum Gasteiger partial charge on any atom is 0.228 e. The predicted octanol–water partition coefficient (Wildman–Crippen LogP) is 2.29. The van der Waals surface area contributed by atoms with Crippen molar-refractivity contribution in [2.45, 2.75) is 51.9 Å². The molecule has 1 atom stereocenters. The minimum Gasteiger partial charge on any atom is -0.381 e. The number of nitrogens with zero attached hydrogens (tertiary/aromatic N) is 4. The lowest BCUT2D eigenvalue weighted by Gasteiger charge is -2.32. The highest BCUT2D eigenvalue weighted by Gasteiger charge is 2.36. The first-order valence-corrected chi connectivity index (χ1v) is 9.10. The molecule has 1 aromatic heterocycles. The molecule has 0 saturated carbocycles. The number of aromatic nitrogens is 2. The third-order valence-corrected chi connectivity index (χ3v) is 5.11. The van der Waals surface area contributed by atoms with Gasteiger partial charge in [-0.3, -0.25) is 4.79 Å². The Bertz CT molecular complexity index is 643. The van der Waals surface area contributed by atoms with E-state index in [9.17, 15) is 10.1 Å². The summed E-state index contributed by atoms with van der Waals surface area (Å²) in [4.78, 5) is 18.5. The summed E-state index contributed by atoms with van der Waals surface area (Å²) in [6.07, 6.45) is 3.15. The first-order valence-electron chi connectivity index (χ1n) is 9.10. The van der Waals surface area contributed by atoms with E-state index < -0.39 is 5.41 Å². The van der Waals surface area contributed by atoms with Gasteiger partial charge >= 0.3 is 0 Å². The highest BCUT2D eigenvalue weighted by atomic mass is 16.5. The third-order valence-electron chi connectivity index (χ3n) is 5.11. The molecule has 136 valence electrons. The topological polar surface area (TPSA) is 92.2 Å². The van der Waals surface area contributed by atoms with Crippen LogP contribution in [-0.4, -0.2) is 47.3 Å². The summed E-state index contributed by atoms with van der Waals surface area (Å²) in [5, 5.41) is 13.7. The highest BCUT2D eigenvalue weighted by molar-refractivity contribution is 5.77. The summed E-state index contributed by atoms with van der Waals surface area (Å²) in [7, 11) is 0. The molecule has 3 heterocycles. The standard InChI is InChI=1S/C18H26N4O3/c1-13(2)10-22-11-14(3-4-16(22)23)17-20-15(25-21-17)9-18(12-19)5-7-24-8-6-18/h13-14H,3-11H2,1-2H3. The molecular formula is C18H26N4O3. The fourth-order valence-corrected chi connectivity index (χ4v) is 3.63. The minimum atomic E-state index is -0.464. The van der Waals surface area contributed by atoms with Crippen LogP contribution in [-0.2, 0) is 16.0 Å². The Morgan fingerprint density at radius 1 is 1.40 bits per heavy atom. The molecule has 1 aromatic rings. The number of carbonyl (C=O) groups excluding carboxylic acids is 1. The Kier molecular flexibility index (Phi) is 5.38. The third kappa shape index (κ3) is 4.18. The smallest absolute Gasteiger partial charge is 0.228 e. The molecule has 2 fully saturated rings. The highest BCUT2D eigenvalue weighted by Crippen LogP contribution is 2.34. The van der Waals surface area contributed by atoms with Crippen molar-refractivity contribution in [1.82, 2.24) is 15.0 Å². The molecule has 7 heteroatoms. The van der Waals surface area contributed by atoms with Gasteiger partial charge in [0.15, 0.2) is 5.82 Å². The number of ether oxygens (including phenoxy) is 1. The molecule has 7 nitrogen and oxygen atoms in total. The average molecular weight is 346 g/mol. The van der Waals surface area contributed by atoms with E-state index in [1.54, 1.807) is 0 Å². The molecule has 0 radical (unpaired) electrons. The van der Waals surface area contributed by atoms with Crippen LogP contribution in [0.5, 0.6) is 0 Å². The lowest BCUT2D eigenvalue weighted by atomic mass is 9.79. The molecular weight excluding hydrogens is 320 g/mol. The van der Waals surface area contributed by atoms with Crippen molar-refractivity contribution in [2.24, 2.45) is 11.3 Å². The van der Waals surface area contributed by atoms with Crippen LogP contribution < -0.4 is 0 Å². The lowest BCUT2D eigenvalue weighted by molar-refractivity contribution is -0.134. The molecule has 0 aromatic carbocycles. The van der Waals surface area contributed by atoms with Crippen LogP contribution in [0.2, 0.25) is 0 Å². The second kappa shape index (κ2) is 7.52. The largest absolute Gasteiger partial charge is 0.381 e. The zero-order valence-electron chi connectivity index (χ0n) is 15.0. The van der Waals surface area contributed by atoms with Gasteiger partial charge in [-0.1, -0.05) is 19.0 Å². The van der Waals surface area contributed by atoms with Gasteiger partial charge in [-0.15, -0.1) is 0 Å². The van der Waals surface area contributed by atoms with Crippen LogP contribution in [0.25, 0.3) is 0 Å². The maximum absolute atomic E-state index is 12.1. The van der Waals surface area contributed by atoms with Gasteiger partial charge in [0.1, 0.15) is 0 Å². The molecule has 0 N–H and O–H groups in total. The Morgan fingerprint density at radius 3 is 2.84 bits per heavy atom. The summed E-state index contributed by atoms with van der Waals surface area (Å²) in [5.41, 5.74) is -0.464. The van der Waals surface area contributed by atoms with Gasteiger partial charge in [-0.2, -0.15) is 10.2 Å². The predicted molar refractivity (Wildman–Crippen MR) is 89.5 cm³/mol. The minimum absolute atomic E-state index is 0.113. The first kappa shape index (κ1) is 17.9. The van der Waals surface area contributed by atoms with E-state index in [-0.39, 0.29) is 11.8 Å². The van der Waals surface area contributed by atoms with E-state index in [1.165, 1.54) is 0 Å². The van der Waals surface area contributed by atoms with E-state index in [1.807, 2.05) is 4.90 Å². The number of piperidine rings is 1. The van der Waals surface area contributed by atoms with Gasteiger partial charge in [0.2, 0.25) is 11.8 Å². The Labute approximate surface area is 148 Å². The fraction of sp³-hybridized carbons (Fsp3) is 0.778. The Balaban J connectivity index is 1.66. The van der Waals surface area contributed by atoms with E-state index in [4.69, 9.17) is 9.26 Å². The maximum atomic E-state index is 12.1. The number of hydrogen-bond donors (Lipinski definition) is 0. The molecule has 2 aliphatic heterocycles. The summed E-state index contributed by atoms with van der Waals surface area (Å²) >= 11 is 0. The normalized spacial score (nSPS) is 23.7. The molecule has 3 rings (SSSR count). The SMILES string of the molecule is CC(C)CN1CC(c2noc(CC3(C#N)CCOCC3)n2)CCC1=O. The van der Waals surface area contributed by atoms with Crippen molar-refractivity contribution < 1.29 is 14.1 Å². The van der Waals surface area contributed by atoms with Gasteiger partial charge in [-0.05, 0) is 25.2 Å². The number of hydrogen-bond acceptors (Lipinski definition) is 6. The van der Waals surface area contributed by atoms with E-state index in [2.05, 4.69) is 30.1 Å². The second-order valence-electron chi connectivity index (χ2n) is 7.66. The van der Waals surface area contributed by atoms with Gasteiger partial charge in [-0.25, -0.2) is 0 Å². The summed E-state index contributed by atoms with van der Waals surface area (Å²) in [5.74, 6) is 1.94. The van der Waals surface area contributed by atoms with Crippen molar-refractivity contribution in [1.29, 1.82) is 5.26 Å². The number of likely N-dealkylation sites (tertiary alicyclic amines) is 1. The first-order chi connectivity index (χ1) is 12.0. The number of carbonyl (C=O) groups is 1. The van der Waals surface area contributed by atoms with E-state index >= 15 is 0 Å².